The predicted molar refractivity (Wildman–Crippen MR) is 123 cm³/mol. The number of furan rings is 1. The molecular weight excluding hydrogens is 431 g/mol. The van der Waals surface area contributed by atoms with E-state index >= 15 is 0 Å². The van der Waals surface area contributed by atoms with Crippen LogP contribution in [0, 0.1) is 11.6 Å². The maximum Gasteiger partial charge on any atom is 0.497 e. The lowest BCUT2D eigenvalue weighted by molar-refractivity contribution is 0.00578. The first kappa shape index (κ1) is 23.2. The third-order valence-electron chi connectivity index (χ3n) is 6.35. The summed E-state index contributed by atoms with van der Waals surface area (Å²) in [6.07, 6.45) is 0. The van der Waals surface area contributed by atoms with E-state index in [0.717, 1.165) is 12.1 Å². The molecule has 0 atom stereocenters. The number of fused-ring (bicyclic) bond motifs is 1. The van der Waals surface area contributed by atoms with Crippen molar-refractivity contribution in [2.75, 3.05) is 19.1 Å². The number of nitrogens with two attached hydrogens (primary N) is 1. The molecule has 1 aliphatic rings. The quantitative estimate of drug-likeness (QED) is 0.355. The fraction of sp³-hybridized carbons (Fsp3) is 0.348. The molecule has 33 heavy (non-hydrogen) atoms. The highest BCUT2D eigenvalue weighted by Crippen LogP contribution is 2.39. The van der Waals surface area contributed by atoms with Crippen LogP contribution in [0.4, 0.5) is 14.5 Å². The summed E-state index contributed by atoms with van der Waals surface area (Å²) < 4.78 is 46.4. The van der Waals surface area contributed by atoms with Gasteiger partial charge in [0.25, 0.3) is 5.91 Å². The standard InChI is InChI=1S/C23H26BF2N3O4/c1-22(2)23(3,4)33-24(32-22)15-10-14-18(11-17(15)29(6)27)31-20(19(14)21(30)28-5)13-8-7-12(25)9-16(13)26/h7-11H,27H2,1-6H3,(H,28,30). The number of carbonyl (C=O) groups is 1. The van der Waals surface area contributed by atoms with Gasteiger partial charge in [-0.3, -0.25) is 4.79 Å². The third-order valence-corrected chi connectivity index (χ3v) is 6.35. The summed E-state index contributed by atoms with van der Waals surface area (Å²) in [4.78, 5) is 12.9. The van der Waals surface area contributed by atoms with Crippen molar-refractivity contribution in [2.45, 2.75) is 38.9 Å². The summed E-state index contributed by atoms with van der Waals surface area (Å²) in [5.74, 6) is 4.01. The minimum atomic E-state index is -0.846. The Hall–Kier alpha value is -2.95. The molecule has 0 aliphatic carbocycles. The zero-order valence-electron chi connectivity index (χ0n) is 19.4. The van der Waals surface area contributed by atoms with E-state index < -0.39 is 35.9 Å². The summed E-state index contributed by atoms with van der Waals surface area (Å²) in [6.45, 7) is 7.72. The lowest BCUT2D eigenvalue weighted by Gasteiger charge is -2.32. The second-order valence-corrected chi connectivity index (χ2v) is 9.12. The molecular formula is C23H26BF2N3O4. The van der Waals surface area contributed by atoms with E-state index in [0.29, 0.717) is 22.1 Å². The van der Waals surface area contributed by atoms with Crippen molar-refractivity contribution in [1.82, 2.24) is 5.32 Å². The molecule has 1 saturated heterocycles. The Morgan fingerprint density at radius 2 is 1.73 bits per heavy atom. The van der Waals surface area contributed by atoms with Crippen LogP contribution in [0.2, 0.25) is 0 Å². The molecule has 7 nitrogen and oxygen atoms in total. The number of rotatable bonds is 4. The molecule has 0 spiro atoms. The largest absolute Gasteiger partial charge is 0.497 e. The van der Waals surface area contributed by atoms with Crippen LogP contribution in [-0.2, 0) is 9.31 Å². The van der Waals surface area contributed by atoms with E-state index in [1.165, 1.54) is 18.1 Å². The van der Waals surface area contributed by atoms with E-state index in [1.807, 2.05) is 27.7 Å². The first-order chi connectivity index (χ1) is 15.4. The molecule has 3 aromatic rings. The number of hydrazine groups is 1. The van der Waals surface area contributed by atoms with E-state index in [-0.39, 0.29) is 16.9 Å². The Labute approximate surface area is 190 Å². The van der Waals surface area contributed by atoms with Crippen molar-refractivity contribution >= 4 is 35.1 Å². The predicted octanol–water partition coefficient (Wildman–Crippen LogP) is 3.35. The molecule has 0 bridgehead atoms. The van der Waals surface area contributed by atoms with Gasteiger partial charge in [-0.15, -0.1) is 0 Å². The van der Waals surface area contributed by atoms with Gasteiger partial charge in [0.15, 0.2) is 5.76 Å². The zero-order chi connectivity index (χ0) is 24.3. The topological polar surface area (TPSA) is 90.0 Å². The molecule has 1 aromatic heterocycles. The summed E-state index contributed by atoms with van der Waals surface area (Å²) in [6, 6.07) is 6.43. The molecule has 2 aromatic carbocycles. The third kappa shape index (κ3) is 3.78. The molecule has 3 N–H and O–H groups in total. The first-order valence-electron chi connectivity index (χ1n) is 10.5. The van der Waals surface area contributed by atoms with Crippen molar-refractivity contribution in [3.05, 3.63) is 47.5 Å². The average Bonchev–Trinajstić information content (AvgIpc) is 3.19. The number of anilines is 1. The van der Waals surface area contributed by atoms with Gasteiger partial charge >= 0.3 is 7.12 Å². The van der Waals surface area contributed by atoms with Crippen molar-refractivity contribution in [3.63, 3.8) is 0 Å². The molecule has 0 saturated carbocycles. The van der Waals surface area contributed by atoms with Gasteiger partial charge in [-0.1, -0.05) is 0 Å². The molecule has 1 fully saturated rings. The number of nitrogens with zero attached hydrogens (tertiary/aromatic N) is 1. The maximum absolute atomic E-state index is 14.6. The second kappa shape index (κ2) is 7.83. The van der Waals surface area contributed by atoms with Crippen LogP contribution in [0.3, 0.4) is 0 Å². The summed E-state index contributed by atoms with van der Waals surface area (Å²) in [5, 5.41) is 4.37. The smallest absolute Gasteiger partial charge is 0.455 e. The molecule has 2 heterocycles. The van der Waals surface area contributed by atoms with Gasteiger partial charge in [0.1, 0.15) is 17.2 Å². The first-order valence-corrected chi connectivity index (χ1v) is 10.5. The number of amides is 1. The fourth-order valence-electron chi connectivity index (χ4n) is 3.83. The lowest BCUT2D eigenvalue weighted by Crippen LogP contribution is -2.41. The zero-order valence-corrected chi connectivity index (χ0v) is 19.4. The molecule has 1 aliphatic heterocycles. The van der Waals surface area contributed by atoms with E-state index in [1.54, 1.807) is 19.2 Å². The Morgan fingerprint density at radius 1 is 1.09 bits per heavy atom. The van der Waals surface area contributed by atoms with Gasteiger partial charge in [0.05, 0.1) is 28.0 Å². The number of benzene rings is 2. The van der Waals surface area contributed by atoms with E-state index in [2.05, 4.69) is 5.32 Å². The van der Waals surface area contributed by atoms with Crippen molar-refractivity contribution in [2.24, 2.45) is 5.84 Å². The summed E-state index contributed by atoms with van der Waals surface area (Å²) in [7, 11) is 2.35. The number of nitrogens with one attached hydrogen (secondary N) is 1. The maximum atomic E-state index is 14.6. The lowest BCUT2D eigenvalue weighted by atomic mass is 9.76. The van der Waals surface area contributed by atoms with Crippen LogP contribution in [0.5, 0.6) is 0 Å². The average molecular weight is 457 g/mol. The highest BCUT2D eigenvalue weighted by atomic mass is 19.1. The van der Waals surface area contributed by atoms with Crippen molar-refractivity contribution in [1.29, 1.82) is 0 Å². The van der Waals surface area contributed by atoms with Crippen LogP contribution in [0.25, 0.3) is 22.3 Å². The van der Waals surface area contributed by atoms with Gasteiger partial charge in [-0.25, -0.2) is 14.6 Å². The van der Waals surface area contributed by atoms with E-state index in [9.17, 15) is 13.6 Å². The number of carbonyl (C=O) groups excluding carboxylic acids is 1. The van der Waals surface area contributed by atoms with Crippen LogP contribution in [-0.4, -0.2) is 38.3 Å². The van der Waals surface area contributed by atoms with Crippen LogP contribution in [0.1, 0.15) is 38.1 Å². The van der Waals surface area contributed by atoms with Crippen molar-refractivity contribution in [3.8, 4) is 11.3 Å². The molecule has 4 rings (SSSR count). The van der Waals surface area contributed by atoms with Gasteiger partial charge in [0.2, 0.25) is 0 Å². The Bertz CT molecular complexity index is 1240. The van der Waals surface area contributed by atoms with Crippen molar-refractivity contribution < 1.29 is 27.3 Å². The van der Waals surface area contributed by atoms with Crippen LogP contribution in [0.15, 0.2) is 34.7 Å². The van der Waals surface area contributed by atoms with Crippen LogP contribution >= 0.6 is 0 Å². The molecule has 1 amide bonds. The summed E-state index contributed by atoms with van der Waals surface area (Å²) >= 11 is 0. The monoisotopic (exact) mass is 457 g/mol. The normalized spacial score (nSPS) is 16.9. The summed E-state index contributed by atoms with van der Waals surface area (Å²) in [5.41, 5.74) is 0.319. The molecule has 174 valence electrons. The van der Waals surface area contributed by atoms with Gasteiger partial charge in [-0.2, -0.15) is 0 Å². The number of hydrogen-bond acceptors (Lipinski definition) is 6. The van der Waals surface area contributed by atoms with Crippen LogP contribution < -0.4 is 21.6 Å². The van der Waals surface area contributed by atoms with Gasteiger partial charge in [0, 0.05) is 37.1 Å². The van der Waals surface area contributed by atoms with E-state index in [4.69, 9.17) is 19.6 Å². The molecule has 0 unspecified atom stereocenters. The highest BCUT2D eigenvalue weighted by Gasteiger charge is 2.52. The molecule has 0 radical (unpaired) electrons. The number of halogens is 2. The SMILES string of the molecule is CNC(=O)c1c(-c2ccc(F)cc2F)oc2cc(N(C)N)c(B3OC(C)(C)C(C)(C)O3)cc12. The highest BCUT2D eigenvalue weighted by molar-refractivity contribution is 6.64. The number of hydrogen-bond donors (Lipinski definition) is 2. The second-order valence-electron chi connectivity index (χ2n) is 9.12. The minimum Gasteiger partial charge on any atom is -0.455 e. The Balaban J connectivity index is 1.98. The Kier molecular flexibility index (Phi) is 5.51. The fourth-order valence-corrected chi connectivity index (χ4v) is 3.83. The molecule has 10 heteroatoms. The van der Waals surface area contributed by atoms with Gasteiger partial charge < -0.3 is 24.1 Å². The Morgan fingerprint density at radius 3 is 2.27 bits per heavy atom. The minimum absolute atomic E-state index is 0.0152. The van der Waals surface area contributed by atoms with Gasteiger partial charge in [-0.05, 0) is 45.9 Å².